The summed E-state index contributed by atoms with van der Waals surface area (Å²) in [6.45, 7) is 8.84. The lowest BCUT2D eigenvalue weighted by atomic mass is 10.0. The number of halogens is 1. The molecular formula is C17H32IN5O. The SMILES string of the molecule is CN=C(NCCOCCC(C)C)N1CCC(c2cnn(C)c2)C1.I. The van der Waals surface area contributed by atoms with Crippen LogP contribution >= 0.6 is 24.0 Å². The number of rotatable bonds is 7. The Morgan fingerprint density at radius 3 is 2.88 bits per heavy atom. The number of aryl methyl sites for hydroxylation is 1. The zero-order chi connectivity index (χ0) is 16.7. The monoisotopic (exact) mass is 449 g/mol. The van der Waals surface area contributed by atoms with E-state index < -0.39 is 0 Å². The fraction of sp³-hybridized carbons (Fsp3) is 0.765. The normalized spacial score (nSPS) is 18.1. The molecule has 0 saturated carbocycles. The van der Waals surface area contributed by atoms with Crippen LogP contribution in [-0.2, 0) is 11.8 Å². The van der Waals surface area contributed by atoms with E-state index in [9.17, 15) is 0 Å². The molecule has 1 fully saturated rings. The molecule has 1 unspecified atom stereocenters. The first kappa shape index (κ1) is 21.2. The van der Waals surface area contributed by atoms with Crippen molar-refractivity contribution in [3.05, 3.63) is 18.0 Å². The van der Waals surface area contributed by atoms with Crippen LogP contribution in [0.4, 0.5) is 0 Å². The summed E-state index contributed by atoms with van der Waals surface area (Å²) in [5, 5.41) is 7.68. The summed E-state index contributed by atoms with van der Waals surface area (Å²) in [6.07, 6.45) is 6.37. The first-order valence-electron chi connectivity index (χ1n) is 8.62. The Bertz CT molecular complexity index is 503. The summed E-state index contributed by atoms with van der Waals surface area (Å²) >= 11 is 0. The number of likely N-dealkylation sites (tertiary alicyclic amines) is 1. The molecular weight excluding hydrogens is 417 g/mol. The maximum absolute atomic E-state index is 5.65. The Kier molecular flexibility index (Phi) is 9.65. The maximum atomic E-state index is 5.65. The van der Waals surface area contributed by atoms with E-state index in [-0.39, 0.29) is 24.0 Å². The Balaban J connectivity index is 0.00000288. The van der Waals surface area contributed by atoms with Crippen LogP contribution in [0.3, 0.4) is 0 Å². The van der Waals surface area contributed by atoms with Gasteiger partial charge in [0.1, 0.15) is 0 Å². The molecule has 1 N–H and O–H groups in total. The molecule has 0 radical (unpaired) electrons. The summed E-state index contributed by atoms with van der Waals surface area (Å²) in [4.78, 5) is 6.73. The molecule has 2 rings (SSSR count). The number of hydrogen-bond acceptors (Lipinski definition) is 3. The number of guanidine groups is 1. The van der Waals surface area contributed by atoms with Gasteiger partial charge in [-0.05, 0) is 24.3 Å². The van der Waals surface area contributed by atoms with E-state index in [1.165, 1.54) is 5.56 Å². The molecule has 0 bridgehead atoms. The van der Waals surface area contributed by atoms with Gasteiger partial charge in [-0.1, -0.05) is 13.8 Å². The highest BCUT2D eigenvalue weighted by Gasteiger charge is 2.26. The van der Waals surface area contributed by atoms with E-state index in [0.717, 1.165) is 51.6 Å². The number of nitrogens with zero attached hydrogens (tertiary/aromatic N) is 4. The van der Waals surface area contributed by atoms with Crippen molar-refractivity contribution in [1.82, 2.24) is 20.0 Å². The zero-order valence-corrected chi connectivity index (χ0v) is 17.7. The van der Waals surface area contributed by atoms with Gasteiger partial charge in [0.05, 0.1) is 12.8 Å². The molecule has 1 aromatic rings. The zero-order valence-electron chi connectivity index (χ0n) is 15.4. The van der Waals surface area contributed by atoms with Gasteiger partial charge in [-0.2, -0.15) is 5.10 Å². The standard InChI is InChI=1S/C17H31N5O.HI/c1-14(2)6-9-23-10-7-19-17(18-3)22-8-5-15(13-22)16-11-20-21(4)12-16;/h11-12,14-15H,5-10,13H2,1-4H3,(H,18,19);1H. The molecule has 1 saturated heterocycles. The van der Waals surface area contributed by atoms with Crippen LogP contribution in [0, 0.1) is 5.92 Å². The Labute approximate surface area is 163 Å². The second kappa shape index (κ2) is 10.9. The maximum Gasteiger partial charge on any atom is 0.193 e. The average Bonchev–Trinajstić information content (AvgIpc) is 3.15. The van der Waals surface area contributed by atoms with Crippen LogP contribution in [0.1, 0.15) is 38.2 Å². The fourth-order valence-corrected chi connectivity index (χ4v) is 2.86. The molecule has 1 aliphatic rings. The molecule has 2 heterocycles. The van der Waals surface area contributed by atoms with Gasteiger partial charge >= 0.3 is 0 Å². The van der Waals surface area contributed by atoms with Crippen molar-refractivity contribution in [2.75, 3.05) is 39.9 Å². The van der Waals surface area contributed by atoms with E-state index in [2.05, 4.69) is 40.4 Å². The van der Waals surface area contributed by atoms with Crippen molar-refractivity contribution in [2.24, 2.45) is 18.0 Å². The van der Waals surface area contributed by atoms with Gasteiger partial charge in [-0.25, -0.2) is 0 Å². The van der Waals surface area contributed by atoms with Crippen LogP contribution in [0.2, 0.25) is 0 Å². The van der Waals surface area contributed by atoms with Gasteiger partial charge in [0.15, 0.2) is 5.96 Å². The predicted octanol–water partition coefficient (Wildman–Crippen LogP) is 2.47. The minimum Gasteiger partial charge on any atom is -0.380 e. The minimum atomic E-state index is 0. The van der Waals surface area contributed by atoms with Crippen molar-refractivity contribution in [2.45, 2.75) is 32.6 Å². The third-order valence-electron chi connectivity index (χ3n) is 4.26. The summed E-state index contributed by atoms with van der Waals surface area (Å²) in [6, 6.07) is 0. The molecule has 0 spiro atoms. The molecule has 7 heteroatoms. The van der Waals surface area contributed by atoms with Crippen molar-refractivity contribution in [1.29, 1.82) is 0 Å². The number of hydrogen-bond donors (Lipinski definition) is 1. The molecule has 0 aliphatic carbocycles. The summed E-state index contributed by atoms with van der Waals surface area (Å²) in [5.74, 6) is 2.22. The fourth-order valence-electron chi connectivity index (χ4n) is 2.86. The number of aliphatic imine (C=N–C) groups is 1. The lowest BCUT2D eigenvalue weighted by molar-refractivity contribution is 0.127. The average molecular weight is 449 g/mol. The van der Waals surface area contributed by atoms with Gasteiger partial charge in [-0.15, -0.1) is 24.0 Å². The molecule has 6 nitrogen and oxygen atoms in total. The lowest BCUT2D eigenvalue weighted by Gasteiger charge is -2.21. The topological polar surface area (TPSA) is 54.7 Å². The first-order chi connectivity index (χ1) is 11.1. The number of nitrogens with one attached hydrogen (secondary N) is 1. The van der Waals surface area contributed by atoms with Gasteiger partial charge in [-0.3, -0.25) is 9.67 Å². The summed E-state index contributed by atoms with van der Waals surface area (Å²) in [7, 11) is 3.81. The van der Waals surface area contributed by atoms with Crippen molar-refractivity contribution in [3.8, 4) is 0 Å². The van der Waals surface area contributed by atoms with E-state index >= 15 is 0 Å². The summed E-state index contributed by atoms with van der Waals surface area (Å²) in [5.41, 5.74) is 1.32. The number of aromatic nitrogens is 2. The number of ether oxygens (including phenoxy) is 1. The van der Waals surface area contributed by atoms with Crippen LogP contribution in [0.15, 0.2) is 17.4 Å². The molecule has 0 aromatic carbocycles. The van der Waals surface area contributed by atoms with Crippen LogP contribution in [0.5, 0.6) is 0 Å². The first-order valence-corrected chi connectivity index (χ1v) is 8.62. The lowest BCUT2D eigenvalue weighted by Crippen LogP contribution is -2.41. The van der Waals surface area contributed by atoms with Crippen LogP contribution in [-0.4, -0.2) is 60.5 Å². The van der Waals surface area contributed by atoms with E-state index in [1.54, 1.807) is 0 Å². The molecule has 1 aromatic heterocycles. The largest absolute Gasteiger partial charge is 0.380 e. The highest BCUT2D eigenvalue weighted by molar-refractivity contribution is 14.0. The van der Waals surface area contributed by atoms with Crippen LogP contribution in [0.25, 0.3) is 0 Å². The Hall–Kier alpha value is -0.830. The smallest absolute Gasteiger partial charge is 0.193 e. The highest BCUT2D eigenvalue weighted by atomic mass is 127. The van der Waals surface area contributed by atoms with Crippen molar-refractivity contribution >= 4 is 29.9 Å². The molecule has 138 valence electrons. The van der Waals surface area contributed by atoms with E-state index in [1.807, 2.05) is 25.0 Å². The molecule has 24 heavy (non-hydrogen) atoms. The van der Waals surface area contributed by atoms with E-state index in [0.29, 0.717) is 11.8 Å². The third-order valence-corrected chi connectivity index (χ3v) is 4.26. The second-order valence-electron chi connectivity index (χ2n) is 6.65. The predicted molar refractivity (Wildman–Crippen MR) is 109 cm³/mol. The second-order valence-corrected chi connectivity index (χ2v) is 6.65. The molecule has 1 aliphatic heterocycles. The van der Waals surface area contributed by atoms with Gasteiger partial charge in [0, 0.05) is 52.5 Å². The van der Waals surface area contributed by atoms with Gasteiger partial charge < -0.3 is 15.0 Å². The van der Waals surface area contributed by atoms with Crippen molar-refractivity contribution in [3.63, 3.8) is 0 Å². The quantitative estimate of drug-likeness (QED) is 0.301. The van der Waals surface area contributed by atoms with E-state index in [4.69, 9.17) is 4.74 Å². The Morgan fingerprint density at radius 1 is 1.46 bits per heavy atom. The molecule has 1 atom stereocenters. The highest BCUT2D eigenvalue weighted by Crippen LogP contribution is 2.26. The minimum absolute atomic E-state index is 0. The van der Waals surface area contributed by atoms with Crippen LogP contribution < -0.4 is 5.32 Å². The van der Waals surface area contributed by atoms with Gasteiger partial charge in [0.2, 0.25) is 0 Å². The summed E-state index contributed by atoms with van der Waals surface area (Å²) < 4.78 is 7.52. The van der Waals surface area contributed by atoms with Gasteiger partial charge in [0.25, 0.3) is 0 Å². The van der Waals surface area contributed by atoms with Crippen molar-refractivity contribution < 1.29 is 4.74 Å². The molecule has 0 amide bonds. The third kappa shape index (κ3) is 6.58. The Morgan fingerprint density at radius 2 is 2.25 bits per heavy atom.